The average molecular weight is 325 g/mol. The van der Waals surface area contributed by atoms with E-state index in [1.54, 1.807) is 0 Å². The molecule has 1 heterocycles. The number of carboxylic acids is 1. The summed E-state index contributed by atoms with van der Waals surface area (Å²) in [7, 11) is 0. The van der Waals surface area contributed by atoms with Crippen molar-refractivity contribution in [3.05, 3.63) is 64.7 Å². The molecule has 126 valence electrons. The Morgan fingerprint density at radius 1 is 1.21 bits per heavy atom. The lowest BCUT2D eigenvalue weighted by Gasteiger charge is -2.17. The first-order valence-corrected chi connectivity index (χ1v) is 8.28. The van der Waals surface area contributed by atoms with Crippen molar-refractivity contribution in [2.45, 2.75) is 32.9 Å². The van der Waals surface area contributed by atoms with E-state index in [4.69, 9.17) is 9.84 Å². The molecule has 0 radical (unpaired) electrons. The number of aryl methyl sites for hydroxylation is 2. The number of carboxylic acid groups (broad SMARTS) is 1. The zero-order chi connectivity index (χ0) is 17.1. The summed E-state index contributed by atoms with van der Waals surface area (Å²) in [5.41, 5.74) is 4.45. The molecule has 1 saturated heterocycles. The topological polar surface area (TPSA) is 58.6 Å². The minimum absolute atomic E-state index is 0.103. The van der Waals surface area contributed by atoms with E-state index in [2.05, 4.69) is 17.4 Å². The van der Waals surface area contributed by atoms with E-state index in [9.17, 15) is 4.79 Å². The van der Waals surface area contributed by atoms with Crippen LogP contribution in [0.4, 0.5) is 0 Å². The van der Waals surface area contributed by atoms with Crippen LogP contribution in [-0.4, -0.2) is 17.6 Å². The van der Waals surface area contributed by atoms with Crippen LogP contribution < -0.4 is 10.1 Å². The SMILES string of the molecule is Cc1cc(C2CC(C(=O)O)CN2)cc(C)c1OCc1ccccc1. The van der Waals surface area contributed by atoms with Crippen LogP contribution in [0.2, 0.25) is 0 Å². The van der Waals surface area contributed by atoms with Crippen molar-refractivity contribution in [1.29, 1.82) is 0 Å². The highest BCUT2D eigenvalue weighted by Gasteiger charge is 2.30. The molecule has 1 aliphatic rings. The largest absolute Gasteiger partial charge is 0.488 e. The predicted molar refractivity (Wildman–Crippen MR) is 93.2 cm³/mol. The Kier molecular flexibility index (Phi) is 4.86. The summed E-state index contributed by atoms with van der Waals surface area (Å²) in [4.78, 5) is 11.1. The molecule has 2 aromatic rings. The van der Waals surface area contributed by atoms with Gasteiger partial charge in [-0.3, -0.25) is 4.79 Å². The molecule has 0 amide bonds. The van der Waals surface area contributed by atoms with Gasteiger partial charge in [-0.15, -0.1) is 0 Å². The molecule has 4 nitrogen and oxygen atoms in total. The van der Waals surface area contributed by atoms with E-state index in [1.807, 2.05) is 44.2 Å². The van der Waals surface area contributed by atoms with Gasteiger partial charge in [-0.1, -0.05) is 42.5 Å². The summed E-state index contributed by atoms with van der Waals surface area (Å²) in [6, 6.07) is 14.4. The maximum atomic E-state index is 11.1. The van der Waals surface area contributed by atoms with Crippen LogP contribution >= 0.6 is 0 Å². The summed E-state index contributed by atoms with van der Waals surface area (Å²) in [6.07, 6.45) is 0.637. The third-order valence-electron chi connectivity index (χ3n) is 4.59. The first-order chi connectivity index (χ1) is 11.5. The zero-order valence-electron chi connectivity index (χ0n) is 14.1. The highest BCUT2D eigenvalue weighted by atomic mass is 16.5. The second-order valence-electron chi connectivity index (χ2n) is 6.49. The number of hydrogen-bond donors (Lipinski definition) is 2. The molecule has 2 N–H and O–H groups in total. The average Bonchev–Trinajstić information content (AvgIpc) is 3.05. The van der Waals surface area contributed by atoms with Crippen LogP contribution in [0, 0.1) is 19.8 Å². The van der Waals surface area contributed by atoms with Crippen LogP contribution in [0.15, 0.2) is 42.5 Å². The molecule has 0 saturated carbocycles. The standard InChI is InChI=1S/C20H23NO3/c1-13-8-16(18-10-17(11-21-18)20(22)23)9-14(2)19(13)24-12-15-6-4-3-5-7-15/h3-9,17-18,21H,10-12H2,1-2H3,(H,22,23). The minimum Gasteiger partial charge on any atom is -0.488 e. The Morgan fingerprint density at radius 3 is 2.46 bits per heavy atom. The van der Waals surface area contributed by atoms with E-state index < -0.39 is 5.97 Å². The molecule has 0 spiro atoms. The van der Waals surface area contributed by atoms with Crippen molar-refractivity contribution in [3.63, 3.8) is 0 Å². The van der Waals surface area contributed by atoms with Crippen molar-refractivity contribution in [3.8, 4) is 5.75 Å². The van der Waals surface area contributed by atoms with Gasteiger partial charge in [0.15, 0.2) is 0 Å². The minimum atomic E-state index is -0.721. The molecule has 2 atom stereocenters. The molecule has 1 aliphatic heterocycles. The van der Waals surface area contributed by atoms with Crippen LogP contribution in [0.1, 0.15) is 34.7 Å². The second kappa shape index (κ2) is 7.05. The molecular weight excluding hydrogens is 302 g/mol. The van der Waals surface area contributed by atoms with Gasteiger partial charge in [-0.25, -0.2) is 0 Å². The summed E-state index contributed by atoms with van der Waals surface area (Å²) in [5.74, 6) is -0.110. The van der Waals surface area contributed by atoms with Gasteiger partial charge in [-0.2, -0.15) is 0 Å². The first-order valence-electron chi connectivity index (χ1n) is 8.28. The van der Waals surface area contributed by atoms with E-state index in [-0.39, 0.29) is 12.0 Å². The van der Waals surface area contributed by atoms with Crippen molar-refractivity contribution in [1.82, 2.24) is 5.32 Å². The fraction of sp³-hybridized carbons (Fsp3) is 0.350. The number of benzene rings is 2. The Bertz CT molecular complexity index is 704. The van der Waals surface area contributed by atoms with Crippen molar-refractivity contribution in [2.75, 3.05) is 6.54 Å². The highest BCUT2D eigenvalue weighted by Crippen LogP contribution is 2.33. The Hall–Kier alpha value is -2.33. The molecule has 0 aliphatic carbocycles. The van der Waals surface area contributed by atoms with Gasteiger partial charge in [0.2, 0.25) is 0 Å². The molecule has 1 fully saturated rings. The van der Waals surface area contributed by atoms with Crippen molar-refractivity contribution in [2.24, 2.45) is 5.92 Å². The number of hydrogen-bond acceptors (Lipinski definition) is 3. The Labute approximate surface area is 142 Å². The van der Waals surface area contributed by atoms with Gasteiger partial charge in [0.05, 0.1) is 5.92 Å². The molecule has 24 heavy (non-hydrogen) atoms. The predicted octanol–water partition coefficient (Wildman–Crippen LogP) is 3.62. The number of carbonyl (C=O) groups is 1. The lowest BCUT2D eigenvalue weighted by Crippen LogP contribution is -2.17. The number of ether oxygens (including phenoxy) is 1. The van der Waals surface area contributed by atoms with Crippen LogP contribution in [-0.2, 0) is 11.4 Å². The fourth-order valence-electron chi connectivity index (χ4n) is 3.32. The third kappa shape index (κ3) is 3.60. The smallest absolute Gasteiger partial charge is 0.307 e. The van der Waals surface area contributed by atoms with Crippen LogP contribution in [0.3, 0.4) is 0 Å². The second-order valence-corrected chi connectivity index (χ2v) is 6.49. The number of rotatable bonds is 5. The van der Waals surface area contributed by atoms with Crippen LogP contribution in [0.5, 0.6) is 5.75 Å². The normalized spacial score (nSPS) is 20.1. The van der Waals surface area contributed by atoms with E-state index in [1.165, 1.54) is 0 Å². The van der Waals surface area contributed by atoms with Gasteiger partial charge in [0.25, 0.3) is 0 Å². The van der Waals surface area contributed by atoms with E-state index in [0.717, 1.165) is 28.0 Å². The molecule has 0 aromatic heterocycles. The van der Waals surface area contributed by atoms with Gasteiger partial charge in [0, 0.05) is 12.6 Å². The third-order valence-corrected chi connectivity index (χ3v) is 4.59. The van der Waals surface area contributed by atoms with Gasteiger partial charge in [-0.05, 0) is 42.5 Å². The van der Waals surface area contributed by atoms with Gasteiger partial charge >= 0.3 is 5.97 Å². The molecule has 0 bridgehead atoms. The molecular formula is C20H23NO3. The van der Waals surface area contributed by atoms with Crippen LogP contribution in [0.25, 0.3) is 0 Å². The summed E-state index contributed by atoms with van der Waals surface area (Å²) in [5, 5.41) is 12.5. The van der Waals surface area contributed by atoms with Crippen molar-refractivity contribution < 1.29 is 14.6 Å². The van der Waals surface area contributed by atoms with Gasteiger partial charge < -0.3 is 15.2 Å². The van der Waals surface area contributed by atoms with Crippen molar-refractivity contribution >= 4 is 5.97 Å². The number of aliphatic carboxylic acids is 1. The van der Waals surface area contributed by atoms with Gasteiger partial charge in [0.1, 0.15) is 12.4 Å². The highest BCUT2D eigenvalue weighted by molar-refractivity contribution is 5.70. The molecule has 4 heteroatoms. The summed E-state index contributed by atoms with van der Waals surface area (Å²) < 4.78 is 6.02. The van der Waals surface area contributed by atoms with E-state index >= 15 is 0 Å². The lowest BCUT2D eigenvalue weighted by atomic mass is 9.96. The lowest BCUT2D eigenvalue weighted by molar-refractivity contribution is -0.141. The summed E-state index contributed by atoms with van der Waals surface area (Å²) in [6.45, 7) is 5.16. The maximum Gasteiger partial charge on any atom is 0.307 e. The molecule has 3 rings (SSSR count). The fourth-order valence-corrected chi connectivity index (χ4v) is 3.32. The molecule has 2 unspecified atom stereocenters. The zero-order valence-corrected chi connectivity index (χ0v) is 14.1. The van der Waals surface area contributed by atoms with E-state index in [0.29, 0.717) is 19.6 Å². The summed E-state index contributed by atoms with van der Waals surface area (Å²) >= 11 is 0. The Balaban J connectivity index is 1.73. The Morgan fingerprint density at radius 2 is 1.88 bits per heavy atom. The maximum absolute atomic E-state index is 11.1. The monoisotopic (exact) mass is 325 g/mol. The number of nitrogens with one attached hydrogen (secondary N) is 1. The quantitative estimate of drug-likeness (QED) is 0.881. The molecule has 2 aromatic carbocycles. The first kappa shape index (κ1) is 16.5.